The van der Waals surface area contributed by atoms with Crippen LogP contribution in [-0.2, 0) is 9.47 Å². The summed E-state index contributed by atoms with van der Waals surface area (Å²) in [6.45, 7) is 10.5. The number of fused-ring (bicyclic) bond motifs is 1. The van der Waals surface area contributed by atoms with Gasteiger partial charge in [0, 0.05) is 6.20 Å². The summed E-state index contributed by atoms with van der Waals surface area (Å²) in [7, 11) is 0. The zero-order chi connectivity index (χ0) is 17.4. The molecule has 132 valence electrons. The first kappa shape index (κ1) is 19.6. The van der Waals surface area contributed by atoms with Gasteiger partial charge in [0.1, 0.15) is 16.8 Å². The van der Waals surface area contributed by atoms with E-state index < -0.39 is 23.1 Å². The molecule has 0 fully saturated rings. The molecule has 0 atom stereocenters. The lowest BCUT2D eigenvalue weighted by molar-refractivity contribution is 0.00535. The largest absolute Gasteiger partial charge is 0.455 e. The van der Waals surface area contributed by atoms with Crippen molar-refractivity contribution < 1.29 is 19.1 Å². The molecule has 2 aromatic heterocycles. The minimum absolute atomic E-state index is 0. The van der Waals surface area contributed by atoms with E-state index in [-0.39, 0.29) is 17.7 Å². The van der Waals surface area contributed by atoms with Crippen LogP contribution in [0.5, 0.6) is 0 Å². The van der Waals surface area contributed by atoms with Crippen molar-refractivity contribution in [2.24, 2.45) is 0 Å². The molecule has 0 unspecified atom stereocenters. The SMILES string of the molecule is CC(C)(C)OC(=O)c1nc(C(=O)OC(C)(C)C)c2cc[nH]c2n1.N. The van der Waals surface area contributed by atoms with Crippen LogP contribution in [0.3, 0.4) is 0 Å². The molecule has 0 aromatic carbocycles. The van der Waals surface area contributed by atoms with Crippen molar-refractivity contribution >= 4 is 23.0 Å². The number of nitrogens with one attached hydrogen (secondary N) is 1. The number of H-pyrrole nitrogens is 1. The van der Waals surface area contributed by atoms with E-state index >= 15 is 0 Å². The van der Waals surface area contributed by atoms with Crippen LogP contribution >= 0.6 is 0 Å². The molecule has 0 aliphatic rings. The van der Waals surface area contributed by atoms with Gasteiger partial charge < -0.3 is 20.6 Å². The molecular weight excluding hydrogens is 312 g/mol. The fraction of sp³-hybridized carbons (Fsp3) is 0.500. The van der Waals surface area contributed by atoms with Crippen molar-refractivity contribution in [2.45, 2.75) is 52.7 Å². The predicted molar refractivity (Wildman–Crippen MR) is 89.2 cm³/mol. The Morgan fingerprint density at radius 2 is 1.50 bits per heavy atom. The van der Waals surface area contributed by atoms with E-state index in [0.717, 1.165) is 0 Å². The Hall–Kier alpha value is -2.48. The van der Waals surface area contributed by atoms with E-state index in [2.05, 4.69) is 15.0 Å². The van der Waals surface area contributed by atoms with E-state index in [9.17, 15) is 9.59 Å². The number of aromatic nitrogens is 3. The van der Waals surface area contributed by atoms with Crippen LogP contribution in [0.15, 0.2) is 12.3 Å². The second kappa shape index (κ2) is 6.56. The second-order valence-electron chi connectivity index (χ2n) is 7.14. The van der Waals surface area contributed by atoms with Crippen LogP contribution in [-0.4, -0.2) is 38.1 Å². The monoisotopic (exact) mass is 336 g/mol. The van der Waals surface area contributed by atoms with E-state index in [0.29, 0.717) is 11.0 Å². The molecule has 4 N–H and O–H groups in total. The van der Waals surface area contributed by atoms with E-state index in [4.69, 9.17) is 9.47 Å². The van der Waals surface area contributed by atoms with Gasteiger partial charge in [-0.25, -0.2) is 19.6 Å². The summed E-state index contributed by atoms with van der Waals surface area (Å²) < 4.78 is 10.6. The lowest BCUT2D eigenvalue weighted by Crippen LogP contribution is -2.27. The molecule has 0 amide bonds. The van der Waals surface area contributed by atoms with Gasteiger partial charge in [-0.3, -0.25) is 0 Å². The van der Waals surface area contributed by atoms with Gasteiger partial charge in [-0.2, -0.15) is 0 Å². The zero-order valence-electron chi connectivity index (χ0n) is 14.9. The third-order valence-electron chi connectivity index (χ3n) is 2.59. The molecule has 2 aromatic rings. The summed E-state index contributed by atoms with van der Waals surface area (Å²) in [5.41, 5.74) is -0.942. The predicted octanol–water partition coefficient (Wildman–Crippen LogP) is 3.03. The number of nitrogens with zero attached hydrogens (tertiary/aromatic N) is 2. The third-order valence-corrected chi connectivity index (χ3v) is 2.59. The molecule has 0 bridgehead atoms. The summed E-state index contributed by atoms with van der Waals surface area (Å²) in [6.07, 6.45) is 1.62. The van der Waals surface area contributed by atoms with Crippen molar-refractivity contribution in [1.82, 2.24) is 21.1 Å². The van der Waals surface area contributed by atoms with Crippen LogP contribution in [0.2, 0.25) is 0 Å². The maximum Gasteiger partial charge on any atom is 0.376 e. The van der Waals surface area contributed by atoms with E-state index in [1.54, 1.807) is 53.8 Å². The minimum Gasteiger partial charge on any atom is -0.455 e. The average molecular weight is 336 g/mol. The maximum atomic E-state index is 12.4. The van der Waals surface area contributed by atoms with Crippen molar-refractivity contribution in [1.29, 1.82) is 0 Å². The topological polar surface area (TPSA) is 129 Å². The molecule has 24 heavy (non-hydrogen) atoms. The first-order valence-corrected chi connectivity index (χ1v) is 7.28. The molecule has 0 spiro atoms. The van der Waals surface area contributed by atoms with Gasteiger partial charge in [0.2, 0.25) is 5.82 Å². The molecule has 2 heterocycles. The lowest BCUT2D eigenvalue weighted by Gasteiger charge is -2.20. The second-order valence-corrected chi connectivity index (χ2v) is 7.14. The molecule has 8 heteroatoms. The van der Waals surface area contributed by atoms with Gasteiger partial charge in [0.15, 0.2) is 5.69 Å². The number of ether oxygens (including phenoxy) is 2. The maximum absolute atomic E-state index is 12.4. The summed E-state index contributed by atoms with van der Waals surface area (Å²) in [6, 6.07) is 1.66. The van der Waals surface area contributed by atoms with Gasteiger partial charge in [-0.05, 0) is 47.6 Å². The number of carbonyl (C=O) groups excluding carboxylic acids is 2. The molecule has 8 nitrogen and oxygen atoms in total. The van der Waals surface area contributed by atoms with E-state index in [1.807, 2.05) is 0 Å². The zero-order valence-corrected chi connectivity index (χ0v) is 14.9. The van der Waals surface area contributed by atoms with Gasteiger partial charge in [0.25, 0.3) is 0 Å². The van der Waals surface area contributed by atoms with Crippen molar-refractivity contribution in [2.75, 3.05) is 0 Å². The normalized spacial score (nSPS) is 11.8. The summed E-state index contributed by atoms with van der Waals surface area (Å²) >= 11 is 0. The Morgan fingerprint density at radius 1 is 0.958 bits per heavy atom. The Morgan fingerprint density at radius 3 is 2.04 bits per heavy atom. The van der Waals surface area contributed by atoms with Crippen LogP contribution in [0.1, 0.15) is 62.6 Å². The quantitative estimate of drug-likeness (QED) is 0.806. The number of hydrogen-bond acceptors (Lipinski definition) is 7. The Labute approximate surface area is 140 Å². The van der Waals surface area contributed by atoms with Gasteiger partial charge in [-0.1, -0.05) is 0 Å². The Bertz CT molecular complexity index is 754. The number of rotatable bonds is 2. The van der Waals surface area contributed by atoms with Gasteiger partial charge >= 0.3 is 11.9 Å². The number of esters is 2. The molecule has 0 aliphatic heterocycles. The third kappa shape index (κ3) is 4.76. The Kier molecular flexibility index (Phi) is 5.35. The van der Waals surface area contributed by atoms with Crippen LogP contribution in [0.25, 0.3) is 11.0 Å². The van der Waals surface area contributed by atoms with Gasteiger partial charge in [0.05, 0.1) is 5.39 Å². The molecule has 2 rings (SSSR count). The summed E-state index contributed by atoms with van der Waals surface area (Å²) in [5, 5.41) is 0.492. The number of hydrogen-bond donors (Lipinski definition) is 2. The minimum atomic E-state index is -0.696. The molecule has 0 saturated carbocycles. The van der Waals surface area contributed by atoms with Crippen molar-refractivity contribution in [3.8, 4) is 0 Å². The first-order valence-electron chi connectivity index (χ1n) is 7.28. The fourth-order valence-electron chi connectivity index (χ4n) is 1.84. The highest BCUT2D eigenvalue weighted by molar-refractivity contribution is 6.02. The van der Waals surface area contributed by atoms with Crippen molar-refractivity contribution in [3.63, 3.8) is 0 Å². The highest BCUT2D eigenvalue weighted by Gasteiger charge is 2.26. The highest BCUT2D eigenvalue weighted by Crippen LogP contribution is 2.19. The summed E-state index contributed by atoms with van der Waals surface area (Å²) in [5.74, 6) is -1.50. The number of aromatic amines is 1. The highest BCUT2D eigenvalue weighted by atomic mass is 16.6. The van der Waals surface area contributed by atoms with Crippen molar-refractivity contribution in [3.05, 3.63) is 23.8 Å². The summed E-state index contributed by atoms with van der Waals surface area (Å²) in [4.78, 5) is 35.6. The van der Waals surface area contributed by atoms with Crippen LogP contribution < -0.4 is 6.15 Å². The fourth-order valence-corrected chi connectivity index (χ4v) is 1.84. The first-order chi connectivity index (χ1) is 10.5. The standard InChI is InChI=1S/C16H21N3O4.H3N/c1-15(2,3)22-13(20)10-9-7-8-17-11(9)19-12(18-10)14(21)23-16(4,5)6;/h7-8H,1-6H3,(H,17,18,19);1H3. The molecule has 0 radical (unpaired) electrons. The Balaban J connectivity index is 0.00000288. The lowest BCUT2D eigenvalue weighted by atomic mass is 10.2. The average Bonchev–Trinajstić information content (AvgIpc) is 2.81. The molecular formula is C16H24N4O4. The van der Waals surface area contributed by atoms with E-state index in [1.165, 1.54) is 0 Å². The smallest absolute Gasteiger partial charge is 0.376 e. The van der Waals surface area contributed by atoms with Gasteiger partial charge in [-0.15, -0.1) is 0 Å². The number of carbonyl (C=O) groups is 2. The molecule has 0 saturated heterocycles. The van der Waals surface area contributed by atoms with Crippen LogP contribution in [0.4, 0.5) is 0 Å². The molecule has 0 aliphatic carbocycles. The van der Waals surface area contributed by atoms with Crippen LogP contribution in [0, 0.1) is 0 Å².